The highest BCUT2D eigenvalue weighted by Crippen LogP contribution is 2.49. The van der Waals surface area contributed by atoms with Crippen molar-refractivity contribution >= 4 is 55.8 Å². The predicted molar refractivity (Wildman–Crippen MR) is 162 cm³/mol. The molecule has 1 aliphatic heterocycles. The molecule has 0 N–H and O–H groups in total. The first-order chi connectivity index (χ1) is 19.2. The van der Waals surface area contributed by atoms with Crippen molar-refractivity contribution in [1.29, 1.82) is 0 Å². The van der Waals surface area contributed by atoms with Crippen LogP contribution in [-0.2, 0) is 0 Å². The van der Waals surface area contributed by atoms with Gasteiger partial charge in [-0.25, -0.2) is 4.39 Å². The highest BCUT2D eigenvalue weighted by molar-refractivity contribution is 8.05. The Bertz CT molecular complexity index is 2080. The summed E-state index contributed by atoms with van der Waals surface area (Å²) in [6.07, 6.45) is 1.96. The van der Waals surface area contributed by atoms with E-state index in [-0.39, 0.29) is 5.82 Å². The van der Waals surface area contributed by atoms with Crippen LogP contribution in [0.4, 0.5) is 4.39 Å². The highest BCUT2D eigenvalue weighted by atomic mass is 32.2. The van der Waals surface area contributed by atoms with Crippen LogP contribution in [-0.4, -0.2) is 4.98 Å². The monoisotopic (exact) mass is 537 g/mol. The molecule has 4 heteroatoms. The molecular formula is C35H20FNS2. The molecule has 1 aromatic heterocycles. The molecule has 0 spiro atoms. The fourth-order valence-corrected chi connectivity index (χ4v) is 7.79. The summed E-state index contributed by atoms with van der Waals surface area (Å²) in [6, 6.07) is 39.3. The van der Waals surface area contributed by atoms with Crippen molar-refractivity contribution in [3.8, 4) is 22.4 Å². The minimum absolute atomic E-state index is 0.219. The lowest BCUT2D eigenvalue weighted by Gasteiger charge is -2.18. The van der Waals surface area contributed by atoms with Crippen molar-refractivity contribution in [3.05, 3.63) is 127 Å². The summed E-state index contributed by atoms with van der Waals surface area (Å²) in [6.45, 7) is 0. The molecule has 0 unspecified atom stereocenters. The molecule has 184 valence electrons. The fourth-order valence-electron chi connectivity index (χ4n) is 5.53. The molecule has 0 atom stereocenters. The SMILES string of the molecule is Fc1ccc2c3ccccc3c3cc(-c4ccc(-c5ccc6c(c5)Sc5ccccc5S6)cn4)ccc3c2c1. The number of pyridine rings is 1. The van der Waals surface area contributed by atoms with E-state index in [1.54, 1.807) is 12.1 Å². The summed E-state index contributed by atoms with van der Waals surface area (Å²) in [5.74, 6) is -0.219. The van der Waals surface area contributed by atoms with Gasteiger partial charge in [-0.05, 0) is 86.4 Å². The second-order valence-corrected chi connectivity index (χ2v) is 11.9. The number of nitrogens with zero attached hydrogens (tertiary/aromatic N) is 1. The van der Waals surface area contributed by atoms with Crippen LogP contribution in [0, 0.1) is 5.82 Å². The van der Waals surface area contributed by atoms with Crippen LogP contribution in [0.2, 0.25) is 0 Å². The molecule has 39 heavy (non-hydrogen) atoms. The zero-order valence-electron chi connectivity index (χ0n) is 20.7. The molecule has 0 saturated heterocycles. The van der Waals surface area contributed by atoms with Crippen LogP contribution in [0.3, 0.4) is 0 Å². The lowest BCUT2D eigenvalue weighted by molar-refractivity contribution is 0.630. The zero-order valence-corrected chi connectivity index (χ0v) is 22.3. The normalized spacial score (nSPS) is 12.5. The molecule has 6 aromatic carbocycles. The number of hydrogen-bond donors (Lipinski definition) is 0. The maximum atomic E-state index is 14.2. The number of aromatic nitrogens is 1. The summed E-state index contributed by atoms with van der Waals surface area (Å²) in [5, 5.41) is 6.46. The van der Waals surface area contributed by atoms with Crippen LogP contribution in [0.5, 0.6) is 0 Å². The second kappa shape index (κ2) is 8.98. The molecule has 0 aliphatic carbocycles. The van der Waals surface area contributed by atoms with Gasteiger partial charge in [0.05, 0.1) is 5.69 Å². The third-order valence-electron chi connectivity index (χ3n) is 7.42. The zero-order chi connectivity index (χ0) is 25.9. The molecular weight excluding hydrogens is 518 g/mol. The third kappa shape index (κ3) is 3.82. The van der Waals surface area contributed by atoms with Crippen LogP contribution < -0.4 is 0 Å². The molecule has 0 radical (unpaired) electrons. The van der Waals surface area contributed by atoms with Crippen LogP contribution >= 0.6 is 23.5 Å². The van der Waals surface area contributed by atoms with E-state index in [4.69, 9.17) is 4.98 Å². The summed E-state index contributed by atoms with van der Waals surface area (Å²) in [7, 11) is 0. The highest BCUT2D eigenvalue weighted by Gasteiger charge is 2.17. The average molecular weight is 538 g/mol. The minimum atomic E-state index is -0.219. The van der Waals surface area contributed by atoms with Gasteiger partial charge in [0.25, 0.3) is 0 Å². The van der Waals surface area contributed by atoms with Crippen molar-refractivity contribution in [2.45, 2.75) is 19.6 Å². The van der Waals surface area contributed by atoms with Gasteiger partial charge >= 0.3 is 0 Å². The van der Waals surface area contributed by atoms with Gasteiger partial charge in [0.15, 0.2) is 0 Å². The molecule has 7 aromatic rings. The molecule has 0 bridgehead atoms. The van der Waals surface area contributed by atoms with E-state index in [9.17, 15) is 4.39 Å². The molecule has 2 heterocycles. The van der Waals surface area contributed by atoms with Crippen molar-refractivity contribution in [1.82, 2.24) is 4.98 Å². The van der Waals surface area contributed by atoms with E-state index >= 15 is 0 Å². The van der Waals surface area contributed by atoms with Gasteiger partial charge in [0.2, 0.25) is 0 Å². The lowest BCUT2D eigenvalue weighted by Crippen LogP contribution is -1.91. The van der Waals surface area contributed by atoms with Crippen molar-refractivity contribution in [2.24, 2.45) is 0 Å². The Morgan fingerprint density at radius 1 is 0.436 bits per heavy atom. The standard InChI is InChI=1S/C35H20FNS2/c36-24-12-14-27-25-5-1-2-6-26(25)29-17-22(9-13-28(29)30(27)19-24)31-15-10-23(20-37-31)21-11-16-34-35(18-21)39-33-8-4-3-7-32(33)38-34/h1-20H. The molecule has 8 rings (SSSR count). The number of benzene rings is 6. The van der Waals surface area contributed by atoms with Gasteiger partial charge in [-0.15, -0.1) is 0 Å². The van der Waals surface area contributed by atoms with Crippen molar-refractivity contribution in [3.63, 3.8) is 0 Å². The Kier molecular flexibility index (Phi) is 5.25. The third-order valence-corrected chi connectivity index (χ3v) is 9.97. The summed E-state index contributed by atoms with van der Waals surface area (Å²) in [5.41, 5.74) is 4.22. The average Bonchev–Trinajstić information content (AvgIpc) is 2.99. The van der Waals surface area contributed by atoms with E-state index in [2.05, 4.69) is 91.0 Å². The predicted octanol–water partition coefficient (Wildman–Crippen LogP) is 10.6. The Morgan fingerprint density at radius 2 is 1.03 bits per heavy atom. The topological polar surface area (TPSA) is 12.9 Å². The van der Waals surface area contributed by atoms with Gasteiger partial charge in [-0.1, -0.05) is 90.3 Å². The van der Waals surface area contributed by atoms with Gasteiger partial charge in [-0.2, -0.15) is 0 Å². The quantitative estimate of drug-likeness (QED) is 0.204. The summed E-state index contributed by atoms with van der Waals surface area (Å²) < 4.78 is 14.2. The summed E-state index contributed by atoms with van der Waals surface area (Å²) in [4.78, 5) is 10.1. The molecule has 0 saturated carbocycles. The van der Waals surface area contributed by atoms with E-state index in [1.165, 1.54) is 25.1 Å². The number of rotatable bonds is 2. The van der Waals surface area contributed by atoms with E-state index in [0.717, 1.165) is 49.1 Å². The van der Waals surface area contributed by atoms with Gasteiger partial charge in [0.1, 0.15) is 5.82 Å². The van der Waals surface area contributed by atoms with Crippen molar-refractivity contribution < 1.29 is 4.39 Å². The Labute approximate surface area is 233 Å². The Balaban J connectivity index is 1.19. The van der Waals surface area contributed by atoms with E-state index in [1.807, 2.05) is 41.9 Å². The number of fused-ring (bicyclic) bond motifs is 8. The van der Waals surface area contributed by atoms with Crippen LogP contribution in [0.1, 0.15) is 0 Å². The minimum Gasteiger partial charge on any atom is -0.256 e. The Hall–Kier alpha value is -4.12. The van der Waals surface area contributed by atoms with E-state index < -0.39 is 0 Å². The van der Waals surface area contributed by atoms with Gasteiger partial charge < -0.3 is 0 Å². The molecule has 1 nitrogen and oxygen atoms in total. The molecule has 0 fully saturated rings. The van der Waals surface area contributed by atoms with Gasteiger partial charge in [0, 0.05) is 36.9 Å². The smallest absolute Gasteiger partial charge is 0.123 e. The second-order valence-electron chi connectivity index (χ2n) is 9.74. The lowest BCUT2D eigenvalue weighted by atomic mass is 9.92. The summed E-state index contributed by atoms with van der Waals surface area (Å²) >= 11 is 3.66. The fraction of sp³-hybridized carbons (Fsp3) is 0. The van der Waals surface area contributed by atoms with Crippen LogP contribution in [0.25, 0.3) is 54.7 Å². The first-order valence-corrected chi connectivity index (χ1v) is 14.4. The first-order valence-electron chi connectivity index (χ1n) is 12.8. The first kappa shape index (κ1) is 22.8. The Morgan fingerprint density at radius 3 is 1.82 bits per heavy atom. The largest absolute Gasteiger partial charge is 0.256 e. The molecule has 1 aliphatic rings. The van der Waals surface area contributed by atoms with E-state index in [0.29, 0.717) is 0 Å². The molecule has 0 amide bonds. The maximum Gasteiger partial charge on any atom is 0.123 e. The maximum absolute atomic E-state index is 14.2. The van der Waals surface area contributed by atoms with Gasteiger partial charge in [-0.3, -0.25) is 4.98 Å². The number of halogens is 1. The van der Waals surface area contributed by atoms with Crippen LogP contribution in [0.15, 0.2) is 141 Å². The van der Waals surface area contributed by atoms with Crippen molar-refractivity contribution in [2.75, 3.05) is 0 Å². The number of hydrogen-bond acceptors (Lipinski definition) is 3.